The zero-order valence-electron chi connectivity index (χ0n) is 15.7. The van der Waals surface area contributed by atoms with Gasteiger partial charge in [-0.25, -0.2) is 13.4 Å². The first-order chi connectivity index (χ1) is 13.7. The lowest BCUT2D eigenvalue weighted by Gasteiger charge is -2.06. The predicted octanol–water partition coefficient (Wildman–Crippen LogP) is 3.15. The molecule has 152 valence electrons. The molecule has 7 nitrogen and oxygen atoms in total. The number of anilines is 1. The summed E-state index contributed by atoms with van der Waals surface area (Å²) in [5.41, 5.74) is 2.15. The smallest absolute Gasteiger partial charge is 0.316 e. The Hall–Kier alpha value is -2.43. The average molecular weight is 451 g/mol. The second-order valence-corrected chi connectivity index (χ2v) is 10.4. The van der Waals surface area contributed by atoms with Crippen molar-refractivity contribution >= 4 is 60.7 Å². The van der Waals surface area contributed by atoms with E-state index in [2.05, 4.69) is 15.0 Å². The molecule has 0 aliphatic rings. The van der Waals surface area contributed by atoms with Gasteiger partial charge in [-0.3, -0.25) is 9.59 Å². The van der Waals surface area contributed by atoms with E-state index in [4.69, 9.17) is 0 Å². The third-order valence-corrected chi connectivity index (χ3v) is 7.17. The first-order valence-electron chi connectivity index (χ1n) is 8.43. The molecule has 3 aromatic rings. The van der Waals surface area contributed by atoms with Crippen LogP contribution in [0.1, 0.15) is 5.56 Å². The van der Waals surface area contributed by atoms with Gasteiger partial charge in [0.05, 0.1) is 34.4 Å². The van der Waals surface area contributed by atoms with Gasteiger partial charge in [0.2, 0.25) is 5.91 Å². The molecule has 0 saturated heterocycles. The Labute approximate surface area is 176 Å². The molecule has 0 aliphatic heterocycles. The Balaban J connectivity index is 1.64. The van der Waals surface area contributed by atoms with Gasteiger partial charge < -0.3 is 10.1 Å². The maximum absolute atomic E-state index is 12.3. The van der Waals surface area contributed by atoms with E-state index in [1.54, 1.807) is 18.2 Å². The maximum Gasteiger partial charge on any atom is 0.316 e. The van der Waals surface area contributed by atoms with Crippen molar-refractivity contribution in [1.82, 2.24) is 4.98 Å². The van der Waals surface area contributed by atoms with E-state index in [0.717, 1.165) is 26.4 Å². The number of esters is 1. The summed E-state index contributed by atoms with van der Waals surface area (Å²) in [6, 6.07) is 11.7. The minimum absolute atomic E-state index is 0.130. The highest BCUT2D eigenvalue weighted by Crippen LogP contribution is 2.31. The number of sulfone groups is 1. The van der Waals surface area contributed by atoms with E-state index < -0.39 is 9.84 Å². The van der Waals surface area contributed by atoms with Crippen molar-refractivity contribution in [1.29, 1.82) is 0 Å². The van der Waals surface area contributed by atoms with Crippen LogP contribution in [0.4, 0.5) is 5.69 Å². The summed E-state index contributed by atoms with van der Waals surface area (Å²) < 4.78 is 29.3. The molecule has 2 aromatic carbocycles. The largest absolute Gasteiger partial charge is 0.468 e. The second kappa shape index (κ2) is 8.93. The van der Waals surface area contributed by atoms with E-state index in [-0.39, 0.29) is 28.9 Å². The van der Waals surface area contributed by atoms with Gasteiger partial charge in [0.25, 0.3) is 0 Å². The van der Waals surface area contributed by atoms with Crippen molar-refractivity contribution in [2.75, 3.05) is 24.4 Å². The molecule has 1 amide bonds. The summed E-state index contributed by atoms with van der Waals surface area (Å²) in [6.45, 7) is 0. The number of hydrogen-bond acceptors (Lipinski definition) is 8. The molecule has 0 atom stereocenters. The normalized spacial score (nSPS) is 11.4. The van der Waals surface area contributed by atoms with E-state index in [9.17, 15) is 18.0 Å². The number of amides is 1. The SMILES string of the molecule is COC(=O)CSc1nc2ccc(NC(=O)Cc3ccc(S(C)(=O)=O)cc3)cc2s1. The average Bonchev–Trinajstić information content (AvgIpc) is 3.08. The van der Waals surface area contributed by atoms with Gasteiger partial charge in [0.15, 0.2) is 14.2 Å². The first kappa shape index (κ1) is 21.3. The molecule has 1 heterocycles. The van der Waals surface area contributed by atoms with E-state index in [1.807, 2.05) is 12.1 Å². The van der Waals surface area contributed by atoms with Crippen molar-refractivity contribution in [2.45, 2.75) is 15.7 Å². The lowest BCUT2D eigenvalue weighted by Crippen LogP contribution is -2.14. The summed E-state index contributed by atoms with van der Waals surface area (Å²) in [5.74, 6) is -0.328. The Morgan fingerprint density at radius 1 is 1.17 bits per heavy atom. The number of benzene rings is 2. The fourth-order valence-corrected chi connectivity index (χ4v) is 5.04. The number of fused-ring (bicyclic) bond motifs is 1. The number of thioether (sulfide) groups is 1. The monoisotopic (exact) mass is 450 g/mol. The van der Waals surface area contributed by atoms with Crippen LogP contribution in [0.15, 0.2) is 51.7 Å². The summed E-state index contributed by atoms with van der Waals surface area (Å²) in [6.07, 6.45) is 1.27. The fraction of sp³-hybridized carbons (Fsp3) is 0.211. The second-order valence-electron chi connectivity index (χ2n) is 6.17. The summed E-state index contributed by atoms with van der Waals surface area (Å²) >= 11 is 2.74. The number of ether oxygens (including phenoxy) is 1. The van der Waals surface area contributed by atoms with Gasteiger partial charge in [0, 0.05) is 11.9 Å². The molecule has 29 heavy (non-hydrogen) atoms. The van der Waals surface area contributed by atoms with Crippen molar-refractivity contribution in [3.63, 3.8) is 0 Å². The molecule has 0 radical (unpaired) electrons. The number of carbonyl (C=O) groups is 2. The Morgan fingerprint density at radius 3 is 2.55 bits per heavy atom. The molecule has 0 fully saturated rings. The van der Waals surface area contributed by atoms with Crippen LogP contribution in [-0.2, 0) is 30.6 Å². The first-order valence-corrected chi connectivity index (χ1v) is 12.1. The third kappa shape index (κ3) is 5.78. The fourth-order valence-electron chi connectivity index (χ4n) is 2.47. The molecule has 0 bridgehead atoms. The highest BCUT2D eigenvalue weighted by atomic mass is 32.2. The highest BCUT2D eigenvalue weighted by molar-refractivity contribution is 8.01. The van der Waals surface area contributed by atoms with Crippen LogP contribution in [0.2, 0.25) is 0 Å². The van der Waals surface area contributed by atoms with Gasteiger partial charge in [-0.2, -0.15) is 0 Å². The number of hydrogen-bond donors (Lipinski definition) is 1. The minimum atomic E-state index is -3.26. The van der Waals surface area contributed by atoms with Gasteiger partial charge in [0.1, 0.15) is 0 Å². The van der Waals surface area contributed by atoms with Crippen molar-refractivity contribution in [3.8, 4) is 0 Å². The molecule has 0 saturated carbocycles. The molecule has 0 unspecified atom stereocenters. The molecule has 3 rings (SSSR count). The summed E-state index contributed by atoms with van der Waals surface area (Å²) in [5, 5.41) is 2.84. The Bertz CT molecular complexity index is 1150. The number of nitrogens with one attached hydrogen (secondary N) is 1. The number of nitrogens with zero attached hydrogens (tertiary/aromatic N) is 1. The van der Waals surface area contributed by atoms with E-state index in [1.165, 1.54) is 42.3 Å². The molecule has 0 aliphatic carbocycles. The molecule has 0 spiro atoms. The van der Waals surface area contributed by atoms with Crippen LogP contribution < -0.4 is 5.32 Å². The Kier molecular flexibility index (Phi) is 6.56. The lowest BCUT2D eigenvalue weighted by atomic mass is 10.1. The predicted molar refractivity (Wildman–Crippen MR) is 114 cm³/mol. The van der Waals surface area contributed by atoms with Crippen molar-refractivity contribution < 1.29 is 22.7 Å². The minimum Gasteiger partial charge on any atom is -0.468 e. The molecule has 1 aromatic heterocycles. The standard InChI is InChI=1S/C19H18N2O5S3/c1-26-18(23)11-27-19-21-15-8-5-13(10-16(15)28-19)20-17(22)9-12-3-6-14(7-4-12)29(2,24)25/h3-8,10H,9,11H2,1-2H3,(H,20,22). The van der Waals surface area contributed by atoms with Gasteiger partial charge >= 0.3 is 5.97 Å². The van der Waals surface area contributed by atoms with Crippen LogP contribution in [0.3, 0.4) is 0 Å². The zero-order valence-corrected chi connectivity index (χ0v) is 18.1. The molecule has 1 N–H and O–H groups in total. The molecular weight excluding hydrogens is 432 g/mol. The van der Waals surface area contributed by atoms with Crippen LogP contribution in [0.5, 0.6) is 0 Å². The zero-order chi connectivity index (χ0) is 21.0. The summed E-state index contributed by atoms with van der Waals surface area (Å²) in [4.78, 5) is 28.2. The number of rotatable bonds is 7. The number of thiazole rings is 1. The Morgan fingerprint density at radius 2 is 1.90 bits per heavy atom. The van der Waals surface area contributed by atoms with Crippen LogP contribution in [0.25, 0.3) is 10.2 Å². The topological polar surface area (TPSA) is 102 Å². The number of carbonyl (C=O) groups excluding carboxylic acids is 2. The number of aromatic nitrogens is 1. The van der Waals surface area contributed by atoms with E-state index >= 15 is 0 Å². The summed E-state index contributed by atoms with van der Waals surface area (Å²) in [7, 11) is -1.92. The van der Waals surface area contributed by atoms with Crippen LogP contribution in [-0.4, -0.2) is 44.4 Å². The quantitative estimate of drug-likeness (QED) is 0.436. The van der Waals surface area contributed by atoms with E-state index in [0.29, 0.717) is 5.69 Å². The van der Waals surface area contributed by atoms with Crippen molar-refractivity contribution in [2.24, 2.45) is 0 Å². The lowest BCUT2D eigenvalue weighted by molar-refractivity contribution is -0.137. The maximum atomic E-state index is 12.3. The van der Waals surface area contributed by atoms with Gasteiger partial charge in [-0.05, 0) is 35.9 Å². The molecular formula is C19H18N2O5S3. The highest BCUT2D eigenvalue weighted by Gasteiger charge is 2.11. The van der Waals surface area contributed by atoms with Crippen LogP contribution in [0, 0.1) is 0 Å². The third-order valence-electron chi connectivity index (χ3n) is 3.91. The van der Waals surface area contributed by atoms with Crippen LogP contribution >= 0.6 is 23.1 Å². The van der Waals surface area contributed by atoms with Crippen molar-refractivity contribution in [3.05, 3.63) is 48.0 Å². The molecule has 10 heteroatoms. The number of methoxy groups -OCH3 is 1. The van der Waals surface area contributed by atoms with Gasteiger partial charge in [-0.1, -0.05) is 23.9 Å². The van der Waals surface area contributed by atoms with Gasteiger partial charge in [-0.15, -0.1) is 11.3 Å².